The van der Waals surface area contributed by atoms with E-state index in [-0.39, 0.29) is 0 Å². The number of aromatic nitrogens is 1. The van der Waals surface area contributed by atoms with Crippen LogP contribution in [0.3, 0.4) is 0 Å². The van der Waals surface area contributed by atoms with Gasteiger partial charge in [0.2, 0.25) is 0 Å². The third kappa shape index (κ3) is 3.55. The molecule has 2 rings (SSSR count). The molecule has 0 saturated carbocycles. The lowest BCUT2D eigenvalue weighted by atomic mass is 10.1. The predicted molar refractivity (Wildman–Crippen MR) is 75.3 cm³/mol. The van der Waals surface area contributed by atoms with Crippen LogP contribution in [0.5, 0.6) is 5.75 Å². The molecule has 3 nitrogen and oxygen atoms in total. The average molecular weight is 262 g/mol. The molecule has 1 unspecified atom stereocenters. The number of hydrogen-bond acceptors (Lipinski definition) is 4. The second-order valence-corrected chi connectivity index (χ2v) is 5.66. The van der Waals surface area contributed by atoms with Crippen LogP contribution in [0.15, 0.2) is 30.5 Å². The van der Waals surface area contributed by atoms with Crippen molar-refractivity contribution in [3.05, 3.63) is 45.9 Å². The maximum absolute atomic E-state index is 9.42. The highest BCUT2D eigenvalue weighted by Crippen LogP contribution is 2.20. The molecule has 0 aliphatic carbocycles. The van der Waals surface area contributed by atoms with E-state index in [9.17, 15) is 5.11 Å². The molecule has 2 aromatic rings. The number of benzene rings is 1. The van der Waals surface area contributed by atoms with Gasteiger partial charge >= 0.3 is 0 Å². The molecule has 1 aromatic heterocycles. The Hall–Kier alpha value is -1.39. The van der Waals surface area contributed by atoms with Crippen molar-refractivity contribution in [2.45, 2.75) is 25.8 Å². The van der Waals surface area contributed by atoms with E-state index in [4.69, 9.17) is 0 Å². The first-order valence-corrected chi connectivity index (χ1v) is 6.88. The molecular weight excluding hydrogens is 244 g/mol. The van der Waals surface area contributed by atoms with Gasteiger partial charge in [0.1, 0.15) is 5.75 Å². The van der Waals surface area contributed by atoms with Crippen LogP contribution in [0.2, 0.25) is 0 Å². The fraction of sp³-hybridized carbons (Fsp3) is 0.357. The SMILES string of the molecule is CNC(C)Cc1cnc(Cc2cccc(O)c2)s1. The van der Waals surface area contributed by atoms with E-state index >= 15 is 0 Å². The zero-order valence-corrected chi connectivity index (χ0v) is 11.5. The van der Waals surface area contributed by atoms with Crippen molar-refractivity contribution in [1.82, 2.24) is 10.3 Å². The lowest BCUT2D eigenvalue weighted by molar-refractivity contribution is 0.474. The Bertz CT molecular complexity index is 510. The summed E-state index contributed by atoms with van der Waals surface area (Å²) in [4.78, 5) is 5.74. The first kappa shape index (κ1) is 13.1. The molecule has 0 radical (unpaired) electrons. The number of phenolic OH excluding ortho intramolecular Hbond substituents is 1. The van der Waals surface area contributed by atoms with E-state index in [1.54, 1.807) is 23.5 Å². The van der Waals surface area contributed by atoms with Gasteiger partial charge in [-0.05, 0) is 38.1 Å². The molecule has 2 N–H and O–H groups in total. The maximum Gasteiger partial charge on any atom is 0.115 e. The lowest BCUT2D eigenvalue weighted by Gasteiger charge is -2.06. The molecule has 0 amide bonds. The molecular formula is C14H18N2OS. The number of aromatic hydroxyl groups is 1. The molecule has 0 fully saturated rings. The zero-order valence-electron chi connectivity index (χ0n) is 10.7. The Balaban J connectivity index is 2.02. The smallest absolute Gasteiger partial charge is 0.115 e. The highest BCUT2D eigenvalue weighted by atomic mass is 32.1. The molecule has 1 heterocycles. The van der Waals surface area contributed by atoms with E-state index in [0.717, 1.165) is 23.4 Å². The third-order valence-corrected chi connectivity index (χ3v) is 3.89. The predicted octanol–water partition coefficient (Wildman–Crippen LogP) is 2.59. The quantitative estimate of drug-likeness (QED) is 0.870. The van der Waals surface area contributed by atoms with Crippen LogP contribution in [0.4, 0.5) is 0 Å². The van der Waals surface area contributed by atoms with Gasteiger partial charge in [-0.2, -0.15) is 0 Å². The standard InChI is InChI=1S/C14H18N2OS/c1-10(15-2)6-13-9-16-14(18-13)8-11-4-3-5-12(17)7-11/h3-5,7,9-10,15,17H,6,8H2,1-2H3. The molecule has 0 saturated heterocycles. The minimum absolute atomic E-state index is 0.313. The summed E-state index contributed by atoms with van der Waals surface area (Å²) in [6.45, 7) is 2.16. The topological polar surface area (TPSA) is 45.2 Å². The summed E-state index contributed by atoms with van der Waals surface area (Å²) >= 11 is 1.74. The van der Waals surface area contributed by atoms with Gasteiger partial charge in [0.25, 0.3) is 0 Å². The van der Waals surface area contributed by atoms with Crippen LogP contribution in [-0.4, -0.2) is 23.2 Å². The minimum Gasteiger partial charge on any atom is -0.508 e. The van der Waals surface area contributed by atoms with Gasteiger partial charge in [0, 0.05) is 23.5 Å². The van der Waals surface area contributed by atoms with E-state index in [1.165, 1.54) is 4.88 Å². The van der Waals surface area contributed by atoms with Crippen molar-refractivity contribution >= 4 is 11.3 Å². The van der Waals surface area contributed by atoms with Crippen LogP contribution in [0.1, 0.15) is 22.4 Å². The Morgan fingerprint density at radius 1 is 1.44 bits per heavy atom. The molecule has 0 aliphatic heterocycles. The fourth-order valence-electron chi connectivity index (χ4n) is 1.77. The molecule has 4 heteroatoms. The van der Waals surface area contributed by atoms with Crippen LogP contribution in [-0.2, 0) is 12.8 Å². The lowest BCUT2D eigenvalue weighted by Crippen LogP contribution is -2.22. The molecule has 0 aliphatic rings. The fourth-order valence-corrected chi connectivity index (χ4v) is 2.85. The normalized spacial score (nSPS) is 12.6. The summed E-state index contributed by atoms with van der Waals surface area (Å²) in [5, 5.41) is 13.7. The van der Waals surface area contributed by atoms with Gasteiger partial charge in [-0.3, -0.25) is 0 Å². The van der Waals surface area contributed by atoms with Gasteiger partial charge in [0.05, 0.1) is 5.01 Å². The van der Waals surface area contributed by atoms with Gasteiger partial charge in [-0.25, -0.2) is 4.98 Å². The summed E-state index contributed by atoms with van der Waals surface area (Å²) in [6.07, 6.45) is 3.75. The van der Waals surface area contributed by atoms with Crippen LogP contribution in [0, 0.1) is 0 Å². The van der Waals surface area contributed by atoms with E-state index in [1.807, 2.05) is 25.4 Å². The molecule has 18 heavy (non-hydrogen) atoms. The first-order valence-electron chi connectivity index (χ1n) is 6.06. The average Bonchev–Trinajstić information content (AvgIpc) is 2.76. The summed E-state index contributed by atoms with van der Waals surface area (Å²) in [5.74, 6) is 0.313. The molecule has 0 spiro atoms. The third-order valence-electron chi connectivity index (χ3n) is 2.87. The number of thiazole rings is 1. The monoisotopic (exact) mass is 262 g/mol. The zero-order chi connectivity index (χ0) is 13.0. The number of hydrogen-bond donors (Lipinski definition) is 2. The van der Waals surface area contributed by atoms with Crippen LogP contribution in [0.25, 0.3) is 0 Å². The molecule has 1 atom stereocenters. The largest absolute Gasteiger partial charge is 0.508 e. The van der Waals surface area contributed by atoms with Crippen molar-refractivity contribution in [2.75, 3.05) is 7.05 Å². The first-order chi connectivity index (χ1) is 8.67. The number of nitrogens with one attached hydrogen (secondary N) is 1. The van der Waals surface area contributed by atoms with Crippen molar-refractivity contribution < 1.29 is 5.11 Å². The van der Waals surface area contributed by atoms with E-state index in [0.29, 0.717) is 11.8 Å². The molecule has 1 aromatic carbocycles. The highest BCUT2D eigenvalue weighted by Gasteiger charge is 2.06. The Labute approximate surface area is 112 Å². The van der Waals surface area contributed by atoms with Gasteiger partial charge < -0.3 is 10.4 Å². The highest BCUT2D eigenvalue weighted by molar-refractivity contribution is 7.11. The summed E-state index contributed by atoms with van der Waals surface area (Å²) in [5.41, 5.74) is 1.09. The van der Waals surface area contributed by atoms with Crippen LogP contribution >= 0.6 is 11.3 Å². The Morgan fingerprint density at radius 3 is 3.00 bits per heavy atom. The van der Waals surface area contributed by atoms with Crippen molar-refractivity contribution in [2.24, 2.45) is 0 Å². The second-order valence-electron chi connectivity index (χ2n) is 4.46. The van der Waals surface area contributed by atoms with Crippen LogP contribution < -0.4 is 5.32 Å². The number of rotatable bonds is 5. The molecule has 96 valence electrons. The van der Waals surface area contributed by atoms with E-state index < -0.39 is 0 Å². The maximum atomic E-state index is 9.42. The second kappa shape index (κ2) is 5.98. The number of likely N-dealkylation sites (N-methyl/N-ethyl adjacent to an activating group) is 1. The van der Waals surface area contributed by atoms with Crippen molar-refractivity contribution in [1.29, 1.82) is 0 Å². The number of phenols is 1. The Kier molecular flexibility index (Phi) is 4.33. The summed E-state index contributed by atoms with van der Waals surface area (Å²) in [6, 6.07) is 7.82. The summed E-state index contributed by atoms with van der Waals surface area (Å²) in [7, 11) is 1.97. The van der Waals surface area contributed by atoms with E-state index in [2.05, 4.69) is 17.2 Å². The van der Waals surface area contributed by atoms with Crippen molar-refractivity contribution in [3.63, 3.8) is 0 Å². The van der Waals surface area contributed by atoms with Gasteiger partial charge in [0.15, 0.2) is 0 Å². The molecule has 0 bridgehead atoms. The minimum atomic E-state index is 0.313. The Morgan fingerprint density at radius 2 is 2.28 bits per heavy atom. The number of nitrogens with zero attached hydrogens (tertiary/aromatic N) is 1. The van der Waals surface area contributed by atoms with Gasteiger partial charge in [-0.1, -0.05) is 12.1 Å². The van der Waals surface area contributed by atoms with Crippen molar-refractivity contribution in [3.8, 4) is 5.75 Å². The summed E-state index contributed by atoms with van der Waals surface area (Å²) < 4.78 is 0. The van der Waals surface area contributed by atoms with Gasteiger partial charge in [-0.15, -0.1) is 11.3 Å².